The second-order valence-electron chi connectivity index (χ2n) is 7.33. The largest absolute Gasteiger partial charge is 0.463 e. The van der Waals surface area contributed by atoms with E-state index in [2.05, 4.69) is 15.1 Å². The highest BCUT2D eigenvalue weighted by Crippen LogP contribution is 2.21. The monoisotopic (exact) mass is 394 g/mol. The van der Waals surface area contributed by atoms with Gasteiger partial charge in [-0.3, -0.25) is 9.59 Å². The van der Waals surface area contributed by atoms with Crippen molar-refractivity contribution < 1.29 is 9.21 Å². The lowest BCUT2D eigenvalue weighted by atomic mass is 10.0. The number of piperazine rings is 1. The third kappa shape index (κ3) is 3.63. The number of amides is 1. The standard InChI is InChI=1S/C20H22N6O3/c1-20(2,26-17(27)7-6-15(23-26)16-5-3-14-29-16)18(28)24-10-12-25(13-11-24)19-21-8-4-9-22-19/h3-9,14H,10-13H2,1-2H3. The first-order valence-electron chi connectivity index (χ1n) is 9.43. The van der Waals surface area contributed by atoms with E-state index in [-0.39, 0.29) is 11.5 Å². The molecule has 0 saturated carbocycles. The summed E-state index contributed by atoms with van der Waals surface area (Å²) in [6.45, 7) is 5.71. The molecule has 0 aliphatic carbocycles. The molecule has 0 spiro atoms. The number of hydrogen-bond donors (Lipinski definition) is 0. The first-order valence-corrected chi connectivity index (χ1v) is 9.43. The summed E-state index contributed by atoms with van der Waals surface area (Å²) in [6, 6.07) is 8.28. The third-order valence-electron chi connectivity index (χ3n) is 5.03. The first-order chi connectivity index (χ1) is 14.0. The summed E-state index contributed by atoms with van der Waals surface area (Å²) >= 11 is 0. The zero-order chi connectivity index (χ0) is 20.4. The van der Waals surface area contributed by atoms with Gasteiger partial charge in [0.2, 0.25) is 11.9 Å². The van der Waals surface area contributed by atoms with Gasteiger partial charge < -0.3 is 14.2 Å². The van der Waals surface area contributed by atoms with E-state index in [0.717, 1.165) is 0 Å². The molecule has 1 fully saturated rings. The molecule has 29 heavy (non-hydrogen) atoms. The van der Waals surface area contributed by atoms with Gasteiger partial charge in [0.25, 0.3) is 5.56 Å². The molecule has 0 bridgehead atoms. The van der Waals surface area contributed by atoms with Crippen molar-refractivity contribution in [3.8, 4) is 11.5 Å². The van der Waals surface area contributed by atoms with Crippen LogP contribution in [0.1, 0.15) is 13.8 Å². The molecule has 9 heteroatoms. The van der Waals surface area contributed by atoms with E-state index < -0.39 is 5.54 Å². The van der Waals surface area contributed by atoms with Gasteiger partial charge >= 0.3 is 0 Å². The van der Waals surface area contributed by atoms with E-state index in [9.17, 15) is 9.59 Å². The molecule has 1 saturated heterocycles. The molecule has 4 heterocycles. The Hall–Kier alpha value is -3.49. The summed E-state index contributed by atoms with van der Waals surface area (Å²) in [5, 5.41) is 4.40. The summed E-state index contributed by atoms with van der Waals surface area (Å²) in [5.74, 6) is 1.04. The second-order valence-corrected chi connectivity index (χ2v) is 7.33. The fourth-order valence-electron chi connectivity index (χ4n) is 3.41. The normalized spacial score (nSPS) is 14.8. The summed E-state index contributed by atoms with van der Waals surface area (Å²) in [4.78, 5) is 38.1. The van der Waals surface area contributed by atoms with Crippen molar-refractivity contribution in [2.75, 3.05) is 31.1 Å². The topological polar surface area (TPSA) is 97.4 Å². The van der Waals surface area contributed by atoms with Crippen LogP contribution in [0.4, 0.5) is 5.95 Å². The minimum atomic E-state index is -1.13. The van der Waals surface area contributed by atoms with Gasteiger partial charge in [0.1, 0.15) is 11.2 Å². The number of carbonyl (C=O) groups is 1. The zero-order valence-electron chi connectivity index (χ0n) is 16.4. The third-order valence-corrected chi connectivity index (χ3v) is 5.03. The number of hydrogen-bond acceptors (Lipinski definition) is 7. The van der Waals surface area contributed by atoms with Crippen LogP contribution in [0.5, 0.6) is 0 Å². The van der Waals surface area contributed by atoms with Crippen LogP contribution in [-0.2, 0) is 10.3 Å². The highest BCUT2D eigenvalue weighted by molar-refractivity contribution is 5.84. The van der Waals surface area contributed by atoms with Gasteiger partial charge in [0.05, 0.1) is 6.26 Å². The predicted octanol–water partition coefficient (Wildman–Crippen LogP) is 1.38. The van der Waals surface area contributed by atoms with Gasteiger partial charge in [-0.15, -0.1) is 0 Å². The van der Waals surface area contributed by atoms with Crippen LogP contribution in [-0.4, -0.2) is 56.7 Å². The molecule has 0 N–H and O–H groups in total. The Morgan fingerprint density at radius 1 is 1.03 bits per heavy atom. The Balaban J connectivity index is 1.53. The van der Waals surface area contributed by atoms with E-state index in [4.69, 9.17) is 4.42 Å². The lowest BCUT2D eigenvalue weighted by molar-refractivity contribution is -0.140. The molecule has 3 aromatic heterocycles. The number of anilines is 1. The van der Waals surface area contributed by atoms with Crippen molar-refractivity contribution in [1.29, 1.82) is 0 Å². The van der Waals surface area contributed by atoms with Gasteiger partial charge in [-0.2, -0.15) is 5.10 Å². The van der Waals surface area contributed by atoms with Crippen LogP contribution < -0.4 is 10.5 Å². The summed E-state index contributed by atoms with van der Waals surface area (Å²) < 4.78 is 6.60. The Labute approximate surface area is 167 Å². The summed E-state index contributed by atoms with van der Waals surface area (Å²) in [5.41, 5.74) is -0.970. The minimum absolute atomic E-state index is 0.155. The maximum atomic E-state index is 13.3. The molecule has 1 amide bonds. The maximum Gasteiger partial charge on any atom is 0.267 e. The quantitative estimate of drug-likeness (QED) is 0.659. The maximum absolute atomic E-state index is 13.3. The van der Waals surface area contributed by atoms with Crippen LogP contribution in [0.2, 0.25) is 0 Å². The second kappa shape index (κ2) is 7.50. The van der Waals surface area contributed by atoms with Crippen molar-refractivity contribution in [3.63, 3.8) is 0 Å². The number of nitrogens with zero attached hydrogens (tertiary/aromatic N) is 6. The molecular weight excluding hydrogens is 372 g/mol. The van der Waals surface area contributed by atoms with E-state index in [1.165, 1.54) is 10.7 Å². The number of furan rings is 1. The van der Waals surface area contributed by atoms with Crippen molar-refractivity contribution >= 4 is 11.9 Å². The Bertz CT molecular complexity index is 1040. The van der Waals surface area contributed by atoms with Crippen LogP contribution >= 0.6 is 0 Å². The molecule has 150 valence electrons. The average molecular weight is 394 g/mol. The van der Waals surface area contributed by atoms with Gasteiger partial charge in [0.15, 0.2) is 5.76 Å². The fraction of sp³-hybridized carbons (Fsp3) is 0.350. The van der Waals surface area contributed by atoms with Crippen molar-refractivity contribution in [1.82, 2.24) is 24.6 Å². The highest BCUT2D eigenvalue weighted by Gasteiger charge is 2.37. The van der Waals surface area contributed by atoms with E-state index in [1.807, 2.05) is 4.90 Å². The number of rotatable bonds is 4. The molecular formula is C20H22N6O3. The number of carbonyl (C=O) groups excluding carboxylic acids is 1. The summed E-state index contributed by atoms with van der Waals surface area (Å²) in [6.07, 6.45) is 4.94. The molecule has 9 nitrogen and oxygen atoms in total. The van der Waals surface area contributed by atoms with Crippen LogP contribution in [0.3, 0.4) is 0 Å². The fourth-order valence-corrected chi connectivity index (χ4v) is 3.41. The molecule has 1 aliphatic rings. The zero-order valence-corrected chi connectivity index (χ0v) is 16.4. The van der Waals surface area contributed by atoms with Crippen LogP contribution in [0, 0.1) is 0 Å². The Morgan fingerprint density at radius 3 is 2.41 bits per heavy atom. The molecule has 0 atom stereocenters. The van der Waals surface area contributed by atoms with Crippen molar-refractivity contribution in [2.45, 2.75) is 19.4 Å². The Kier molecular flexibility index (Phi) is 4.87. The minimum Gasteiger partial charge on any atom is -0.463 e. The molecule has 0 unspecified atom stereocenters. The van der Waals surface area contributed by atoms with Gasteiger partial charge in [-0.05, 0) is 38.1 Å². The van der Waals surface area contributed by atoms with Crippen LogP contribution in [0.15, 0.2) is 58.2 Å². The van der Waals surface area contributed by atoms with Crippen molar-refractivity contribution in [3.05, 3.63) is 59.3 Å². The van der Waals surface area contributed by atoms with E-state index in [1.54, 1.807) is 61.7 Å². The Morgan fingerprint density at radius 2 is 1.76 bits per heavy atom. The average Bonchev–Trinajstić information content (AvgIpc) is 3.29. The lowest BCUT2D eigenvalue weighted by Crippen LogP contribution is -2.56. The number of aromatic nitrogens is 4. The van der Waals surface area contributed by atoms with Crippen LogP contribution in [0.25, 0.3) is 11.5 Å². The molecule has 1 aliphatic heterocycles. The molecule has 4 rings (SSSR count). The highest BCUT2D eigenvalue weighted by atomic mass is 16.3. The molecule has 3 aromatic rings. The van der Waals surface area contributed by atoms with Gasteiger partial charge in [0, 0.05) is 44.6 Å². The molecule has 0 aromatic carbocycles. The van der Waals surface area contributed by atoms with Gasteiger partial charge in [-0.25, -0.2) is 14.6 Å². The first kappa shape index (κ1) is 18.9. The summed E-state index contributed by atoms with van der Waals surface area (Å²) in [7, 11) is 0. The van der Waals surface area contributed by atoms with E-state index in [0.29, 0.717) is 43.6 Å². The molecule has 0 radical (unpaired) electrons. The smallest absolute Gasteiger partial charge is 0.267 e. The van der Waals surface area contributed by atoms with Gasteiger partial charge in [-0.1, -0.05) is 0 Å². The lowest BCUT2D eigenvalue weighted by Gasteiger charge is -2.38. The SMILES string of the molecule is CC(C)(C(=O)N1CCN(c2ncccn2)CC1)n1nc(-c2ccco2)ccc1=O. The predicted molar refractivity (Wildman–Crippen MR) is 106 cm³/mol. The van der Waals surface area contributed by atoms with Crippen molar-refractivity contribution in [2.24, 2.45) is 0 Å². The van der Waals surface area contributed by atoms with E-state index >= 15 is 0 Å².